The van der Waals surface area contributed by atoms with Crippen LogP contribution in [-0.4, -0.2) is 104 Å². The average Bonchev–Trinajstić information content (AvgIpc) is 3.07. The van der Waals surface area contributed by atoms with Gasteiger partial charge in [0, 0.05) is 45.1 Å². The number of ether oxygens (including phenoxy) is 10. The largest absolute Gasteiger partial charge is 0.463 e. The monoisotopic (exact) mass is 732 g/mol. The van der Waals surface area contributed by atoms with E-state index in [1.807, 2.05) is 36.4 Å². The fourth-order valence-electron chi connectivity index (χ4n) is 5.98. The van der Waals surface area contributed by atoms with Crippen molar-refractivity contribution in [1.82, 2.24) is 0 Å². The Morgan fingerprint density at radius 1 is 0.647 bits per heavy atom. The normalized spacial score (nSPS) is 31.7. The van der Waals surface area contributed by atoms with Gasteiger partial charge < -0.3 is 47.4 Å². The third kappa shape index (κ3) is 10.1. The first kappa shape index (κ1) is 38.2. The van der Waals surface area contributed by atoms with Crippen LogP contribution < -0.4 is 0 Å². The molecular weight excluding hydrogens is 692 g/mol. The zero-order valence-corrected chi connectivity index (χ0v) is 29.4. The van der Waals surface area contributed by atoms with Crippen LogP contribution in [0.5, 0.6) is 0 Å². The number of rotatable bonds is 11. The zero-order valence-electron chi connectivity index (χ0n) is 28.6. The molecule has 3 aliphatic heterocycles. The van der Waals surface area contributed by atoms with Crippen molar-refractivity contribution in [2.45, 2.75) is 106 Å². The quantitative estimate of drug-likeness (QED) is 0.243. The summed E-state index contributed by atoms with van der Waals surface area (Å²) in [7, 11) is 0. The minimum atomic E-state index is -1.53. The summed E-state index contributed by atoms with van der Waals surface area (Å²) in [5.41, 5.74) is -0.290. The lowest BCUT2D eigenvalue weighted by Gasteiger charge is -2.50. The third-order valence-electron chi connectivity index (χ3n) is 7.89. The summed E-state index contributed by atoms with van der Waals surface area (Å²) < 4.78 is 59.6. The van der Waals surface area contributed by atoms with Crippen LogP contribution in [-0.2, 0) is 71.3 Å². The molecular formula is C35H40O15S. The first-order valence-corrected chi connectivity index (χ1v) is 17.1. The molecule has 0 N–H and O–H groups in total. The molecule has 0 aromatic heterocycles. The van der Waals surface area contributed by atoms with Gasteiger partial charge in [-0.1, -0.05) is 60.3 Å². The molecule has 3 heterocycles. The predicted molar refractivity (Wildman–Crippen MR) is 173 cm³/mol. The van der Waals surface area contributed by atoms with Gasteiger partial charge in [-0.2, -0.15) is 0 Å². The van der Waals surface area contributed by atoms with E-state index in [0.717, 1.165) is 18.7 Å². The van der Waals surface area contributed by atoms with E-state index in [2.05, 4.69) is 0 Å². The molecule has 5 rings (SSSR count). The van der Waals surface area contributed by atoms with E-state index in [0.29, 0.717) is 5.56 Å². The van der Waals surface area contributed by atoms with Crippen molar-refractivity contribution in [2.24, 2.45) is 0 Å². The van der Waals surface area contributed by atoms with Crippen molar-refractivity contribution in [1.29, 1.82) is 0 Å². The first-order valence-electron chi connectivity index (χ1n) is 16.2. The minimum absolute atomic E-state index is 0.0497. The van der Waals surface area contributed by atoms with Gasteiger partial charge in [-0.15, -0.1) is 0 Å². The van der Waals surface area contributed by atoms with E-state index in [-0.39, 0.29) is 13.2 Å². The molecule has 16 heteroatoms. The van der Waals surface area contributed by atoms with Gasteiger partial charge in [0.25, 0.3) is 0 Å². The molecule has 276 valence electrons. The summed E-state index contributed by atoms with van der Waals surface area (Å²) in [6.45, 7) is 5.47. The molecule has 0 aliphatic carbocycles. The molecule has 3 aliphatic rings. The highest BCUT2D eigenvalue weighted by molar-refractivity contribution is 7.99. The molecule has 0 radical (unpaired) electrons. The molecule has 11 atom stereocenters. The molecule has 3 saturated heterocycles. The number of carbonyl (C=O) groups excluding carboxylic acids is 5. The van der Waals surface area contributed by atoms with Gasteiger partial charge >= 0.3 is 29.8 Å². The van der Waals surface area contributed by atoms with Crippen molar-refractivity contribution < 1.29 is 71.3 Å². The minimum Gasteiger partial charge on any atom is -0.463 e. The third-order valence-corrected chi connectivity index (χ3v) is 9.05. The van der Waals surface area contributed by atoms with E-state index in [4.69, 9.17) is 47.4 Å². The Bertz CT molecular complexity index is 1520. The van der Waals surface area contributed by atoms with Crippen LogP contribution in [0, 0.1) is 0 Å². The van der Waals surface area contributed by atoms with Crippen LogP contribution >= 0.6 is 11.8 Å². The van der Waals surface area contributed by atoms with Crippen LogP contribution in [0.4, 0.5) is 0 Å². The van der Waals surface area contributed by atoms with E-state index in [9.17, 15) is 24.0 Å². The second-order valence-electron chi connectivity index (χ2n) is 11.9. The Balaban J connectivity index is 1.52. The molecule has 1 unspecified atom stereocenters. The van der Waals surface area contributed by atoms with Crippen LogP contribution in [0.3, 0.4) is 0 Å². The van der Waals surface area contributed by atoms with E-state index >= 15 is 0 Å². The van der Waals surface area contributed by atoms with E-state index < -0.39 is 96.7 Å². The molecule has 0 spiro atoms. The Morgan fingerprint density at radius 2 is 1.22 bits per heavy atom. The summed E-state index contributed by atoms with van der Waals surface area (Å²) in [5, 5.41) is 0. The molecule has 2 aromatic carbocycles. The summed E-state index contributed by atoms with van der Waals surface area (Å²) >= 11 is 1.18. The zero-order chi connectivity index (χ0) is 36.7. The Labute approximate surface area is 298 Å². The SMILES string of the molecule is CC(=O)OC[C@H]1O[C@@H](Sc2ccccc2)[C@H](OC(C)=O)[C@@H](OC(C)=O)[C@@H]1O[C@@H]1O[C@@H]2COC(c3ccccc3)O[C@H]2[C@H](OC(C)=O)[C@H]1OC(C)=O. The van der Waals surface area contributed by atoms with E-state index in [1.165, 1.54) is 32.5 Å². The lowest BCUT2D eigenvalue weighted by atomic mass is 9.95. The van der Waals surface area contributed by atoms with Crippen LogP contribution in [0.2, 0.25) is 0 Å². The van der Waals surface area contributed by atoms with Crippen molar-refractivity contribution in [2.75, 3.05) is 13.2 Å². The maximum absolute atomic E-state index is 12.6. The molecule has 0 amide bonds. The number of thioether (sulfide) groups is 1. The molecule has 0 saturated carbocycles. The van der Waals surface area contributed by atoms with Crippen molar-refractivity contribution in [3.05, 3.63) is 66.2 Å². The molecule has 2 aromatic rings. The van der Waals surface area contributed by atoms with Gasteiger partial charge in [0.1, 0.15) is 36.5 Å². The number of fused-ring (bicyclic) bond motifs is 1. The summed E-state index contributed by atoms with van der Waals surface area (Å²) in [6.07, 6.45) is -12.1. The highest BCUT2D eigenvalue weighted by Crippen LogP contribution is 2.41. The highest BCUT2D eigenvalue weighted by atomic mass is 32.2. The standard InChI is InChI=1S/C35H40O15S/c1-18(36)41-16-26-28(30(44-20(3)38)32(46-22(5)40)35(48-26)51-24-14-10-7-11-15-24)50-34-31(45-21(4)39)29(43-19(2)37)27-25(47-34)17-42-33(49-27)23-12-8-6-9-13-23/h6-15,25-35H,16-17H2,1-5H3/t25-,26-,27-,28-,29+,30+,31-,32-,33?,34+,35+/m1/s1. The number of carbonyl (C=O) groups is 5. The van der Waals surface area contributed by atoms with Gasteiger partial charge in [0.2, 0.25) is 0 Å². The summed E-state index contributed by atoms with van der Waals surface area (Å²) in [6, 6.07) is 18.1. The van der Waals surface area contributed by atoms with Crippen LogP contribution in [0.1, 0.15) is 46.5 Å². The lowest BCUT2D eigenvalue weighted by Crippen LogP contribution is -2.67. The predicted octanol–water partition coefficient (Wildman–Crippen LogP) is 3.02. The smallest absolute Gasteiger partial charge is 0.303 e. The second-order valence-corrected chi connectivity index (χ2v) is 13.1. The fraction of sp³-hybridized carbons (Fsp3) is 0.514. The van der Waals surface area contributed by atoms with Crippen molar-refractivity contribution in [3.63, 3.8) is 0 Å². The molecule has 0 bridgehead atoms. The number of benzene rings is 2. The Morgan fingerprint density at radius 3 is 1.82 bits per heavy atom. The maximum atomic E-state index is 12.6. The van der Waals surface area contributed by atoms with Crippen LogP contribution in [0.25, 0.3) is 0 Å². The second kappa shape index (κ2) is 17.4. The number of esters is 5. The van der Waals surface area contributed by atoms with Gasteiger partial charge in [0.05, 0.1) is 6.61 Å². The van der Waals surface area contributed by atoms with Gasteiger partial charge in [0.15, 0.2) is 37.0 Å². The van der Waals surface area contributed by atoms with Crippen molar-refractivity contribution >= 4 is 41.6 Å². The molecule has 51 heavy (non-hydrogen) atoms. The van der Waals surface area contributed by atoms with Crippen molar-refractivity contribution in [3.8, 4) is 0 Å². The fourth-order valence-corrected chi connectivity index (χ4v) is 7.11. The van der Waals surface area contributed by atoms with Gasteiger partial charge in [-0.25, -0.2) is 0 Å². The number of hydrogen-bond donors (Lipinski definition) is 0. The molecule has 3 fully saturated rings. The first-order chi connectivity index (χ1) is 24.4. The lowest BCUT2D eigenvalue weighted by molar-refractivity contribution is -0.378. The van der Waals surface area contributed by atoms with E-state index in [1.54, 1.807) is 24.3 Å². The van der Waals surface area contributed by atoms with Crippen LogP contribution in [0.15, 0.2) is 65.6 Å². The average molecular weight is 733 g/mol. The van der Waals surface area contributed by atoms with Gasteiger partial charge in [-0.05, 0) is 12.1 Å². The highest BCUT2D eigenvalue weighted by Gasteiger charge is 2.58. The Kier molecular flexibility index (Phi) is 13.1. The summed E-state index contributed by atoms with van der Waals surface area (Å²) in [4.78, 5) is 62.7. The number of hydrogen-bond acceptors (Lipinski definition) is 16. The topological polar surface area (TPSA) is 178 Å². The van der Waals surface area contributed by atoms with Gasteiger partial charge in [-0.3, -0.25) is 24.0 Å². The Hall–Kier alpha value is -4.06. The summed E-state index contributed by atoms with van der Waals surface area (Å²) in [5.74, 6) is -3.55. The molecule has 15 nitrogen and oxygen atoms in total. The maximum Gasteiger partial charge on any atom is 0.303 e.